The maximum Gasteiger partial charge on any atom is 0.0593 e. The molecule has 0 fully saturated rings. The Hall–Kier alpha value is -0.900. The van der Waals surface area contributed by atoms with Crippen LogP contribution in [0.5, 0.6) is 0 Å². The molecule has 1 aromatic rings. The van der Waals surface area contributed by atoms with E-state index in [1.165, 1.54) is 16.7 Å². The maximum absolute atomic E-state index is 5.58. The van der Waals surface area contributed by atoms with Gasteiger partial charge in [-0.25, -0.2) is 0 Å². The van der Waals surface area contributed by atoms with E-state index in [4.69, 9.17) is 4.74 Å². The molecule has 1 rings (SSSR count). The molecule has 0 aliphatic rings. The molecule has 0 aliphatic heterocycles. The number of rotatable bonds is 8. The molecule has 0 radical (unpaired) electrons. The van der Waals surface area contributed by atoms with E-state index in [-0.39, 0.29) is 0 Å². The van der Waals surface area contributed by atoms with E-state index in [0.29, 0.717) is 6.04 Å². The minimum atomic E-state index is 0.373. The summed E-state index contributed by atoms with van der Waals surface area (Å²) in [5.41, 5.74) is 4.05. The predicted molar refractivity (Wildman–Crippen MR) is 81.7 cm³/mol. The molecule has 3 nitrogen and oxygen atoms in total. The third-order valence-electron chi connectivity index (χ3n) is 3.28. The zero-order valence-corrected chi connectivity index (χ0v) is 13.0. The fourth-order valence-corrected chi connectivity index (χ4v) is 2.03. The van der Waals surface area contributed by atoms with Crippen LogP contribution in [0.4, 0.5) is 0 Å². The fourth-order valence-electron chi connectivity index (χ4n) is 2.03. The summed E-state index contributed by atoms with van der Waals surface area (Å²) in [6.07, 6.45) is 0. The first-order chi connectivity index (χ1) is 9.00. The van der Waals surface area contributed by atoms with Gasteiger partial charge in [0.05, 0.1) is 13.2 Å². The van der Waals surface area contributed by atoms with Crippen molar-refractivity contribution in [3.05, 3.63) is 34.9 Å². The van der Waals surface area contributed by atoms with E-state index in [9.17, 15) is 0 Å². The van der Waals surface area contributed by atoms with Gasteiger partial charge in [0, 0.05) is 19.1 Å². The number of ether oxygens (including phenoxy) is 1. The summed E-state index contributed by atoms with van der Waals surface area (Å²) in [4.78, 5) is 2.13. The molecule has 1 atom stereocenters. The van der Waals surface area contributed by atoms with Gasteiger partial charge >= 0.3 is 0 Å². The first-order valence-electron chi connectivity index (χ1n) is 7.03. The quantitative estimate of drug-likeness (QED) is 0.730. The SMILES string of the molecule is Cc1ccc(C)c(C(C)NCCOCCN(C)C)c1. The molecule has 108 valence electrons. The third kappa shape index (κ3) is 6.19. The van der Waals surface area contributed by atoms with Gasteiger partial charge in [-0.2, -0.15) is 0 Å². The monoisotopic (exact) mass is 264 g/mol. The summed E-state index contributed by atoms with van der Waals surface area (Å²) >= 11 is 0. The largest absolute Gasteiger partial charge is 0.379 e. The van der Waals surface area contributed by atoms with Crippen molar-refractivity contribution in [1.82, 2.24) is 10.2 Å². The Balaban J connectivity index is 2.27. The van der Waals surface area contributed by atoms with Crippen molar-refractivity contribution in [3.8, 4) is 0 Å². The second-order valence-electron chi connectivity index (χ2n) is 5.45. The van der Waals surface area contributed by atoms with Crippen molar-refractivity contribution < 1.29 is 4.74 Å². The van der Waals surface area contributed by atoms with Gasteiger partial charge < -0.3 is 15.0 Å². The number of hydrogen-bond donors (Lipinski definition) is 1. The molecule has 3 heteroatoms. The lowest BCUT2D eigenvalue weighted by Gasteiger charge is -2.17. The molecular formula is C16H28N2O. The summed E-state index contributed by atoms with van der Waals surface area (Å²) in [6.45, 7) is 9.95. The summed E-state index contributed by atoms with van der Waals surface area (Å²) in [5, 5.41) is 3.52. The number of benzene rings is 1. The zero-order chi connectivity index (χ0) is 14.3. The van der Waals surface area contributed by atoms with Gasteiger partial charge in [0.15, 0.2) is 0 Å². The molecule has 0 heterocycles. The van der Waals surface area contributed by atoms with Gasteiger partial charge in [-0.15, -0.1) is 0 Å². The highest BCUT2D eigenvalue weighted by molar-refractivity contribution is 5.32. The Bertz CT molecular complexity index is 377. The van der Waals surface area contributed by atoms with Crippen LogP contribution in [-0.4, -0.2) is 45.3 Å². The summed E-state index contributed by atoms with van der Waals surface area (Å²) in [6, 6.07) is 6.99. The molecule has 1 N–H and O–H groups in total. The van der Waals surface area contributed by atoms with Gasteiger partial charge in [0.2, 0.25) is 0 Å². The summed E-state index contributed by atoms with van der Waals surface area (Å²) < 4.78 is 5.58. The van der Waals surface area contributed by atoms with E-state index in [2.05, 4.69) is 63.3 Å². The van der Waals surface area contributed by atoms with Crippen LogP contribution in [0.2, 0.25) is 0 Å². The average molecular weight is 264 g/mol. The van der Waals surface area contributed by atoms with Gasteiger partial charge in [-0.3, -0.25) is 0 Å². The minimum absolute atomic E-state index is 0.373. The molecule has 0 spiro atoms. The lowest BCUT2D eigenvalue weighted by Crippen LogP contribution is -2.25. The Morgan fingerprint density at radius 1 is 1.21 bits per heavy atom. The summed E-state index contributed by atoms with van der Waals surface area (Å²) in [7, 11) is 4.12. The third-order valence-corrected chi connectivity index (χ3v) is 3.28. The predicted octanol–water partition coefficient (Wildman–Crippen LogP) is 2.53. The fraction of sp³-hybridized carbons (Fsp3) is 0.625. The molecular weight excluding hydrogens is 236 g/mol. The first kappa shape index (κ1) is 16.2. The van der Waals surface area contributed by atoms with Gasteiger partial charge in [0.25, 0.3) is 0 Å². The second kappa shape index (κ2) is 8.31. The average Bonchev–Trinajstić information content (AvgIpc) is 2.36. The lowest BCUT2D eigenvalue weighted by molar-refractivity contribution is 0.118. The summed E-state index contributed by atoms with van der Waals surface area (Å²) in [5.74, 6) is 0. The van der Waals surface area contributed by atoms with Crippen molar-refractivity contribution in [2.75, 3.05) is 40.4 Å². The Morgan fingerprint density at radius 2 is 1.95 bits per heavy atom. The second-order valence-corrected chi connectivity index (χ2v) is 5.45. The number of nitrogens with zero attached hydrogens (tertiary/aromatic N) is 1. The molecule has 0 aromatic heterocycles. The topological polar surface area (TPSA) is 24.5 Å². The number of likely N-dealkylation sites (N-methyl/N-ethyl adjacent to an activating group) is 1. The Kier molecular flexibility index (Phi) is 7.06. The van der Waals surface area contributed by atoms with Gasteiger partial charge in [-0.05, 0) is 46.0 Å². The number of hydrogen-bond acceptors (Lipinski definition) is 3. The molecule has 0 saturated carbocycles. The Morgan fingerprint density at radius 3 is 2.63 bits per heavy atom. The van der Waals surface area contributed by atoms with Crippen LogP contribution in [0.15, 0.2) is 18.2 Å². The van der Waals surface area contributed by atoms with Crippen LogP contribution in [0.1, 0.15) is 29.7 Å². The molecule has 19 heavy (non-hydrogen) atoms. The van der Waals surface area contributed by atoms with Gasteiger partial charge in [-0.1, -0.05) is 23.8 Å². The van der Waals surface area contributed by atoms with Crippen molar-refractivity contribution in [2.24, 2.45) is 0 Å². The smallest absolute Gasteiger partial charge is 0.0593 e. The van der Waals surface area contributed by atoms with E-state index in [0.717, 1.165) is 26.3 Å². The maximum atomic E-state index is 5.58. The van der Waals surface area contributed by atoms with E-state index in [1.54, 1.807) is 0 Å². The standard InChI is InChI=1S/C16H28N2O/c1-13-6-7-14(2)16(12-13)15(3)17-8-10-19-11-9-18(4)5/h6-7,12,15,17H,8-11H2,1-5H3. The number of aryl methyl sites for hydroxylation is 2. The van der Waals surface area contributed by atoms with Crippen LogP contribution < -0.4 is 5.32 Å². The van der Waals surface area contributed by atoms with Crippen molar-refractivity contribution in [3.63, 3.8) is 0 Å². The van der Waals surface area contributed by atoms with Crippen molar-refractivity contribution in [2.45, 2.75) is 26.8 Å². The highest BCUT2D eigenvalue weighted by atomic mass is 16.5. The molecule has 0 saturated heterocycles. The molecule has 0 amide bonds. The lowest BCUT2D eigenvalue weighted by atomic mass is 10.00. The molecule has 1 unspecified atom stereocenters. The zero-order valence-electron chi connectivity index (χ0n) is 13.0. The first-order valence-corrected chi connectivity index (χ1v) is 7.03. The van der Waals surface area contributed by atoms with Crippen LogP contribution in [0.25, 0.3) is 0 Å². The molecule has 0 bridgehead atoms. The number of nitrogens with one attached hydrogen (secondary N) is 1. The van der Waals surface area contributed by atoms with E-state index in [1.807, 2.05) is 0 Å². The van der Waals surface area contributed by atoms with Crippen LogP contribution >= 0.6 is 0 Å². The minimum Gasteiger partial charge on any atom is -0.379 e. The van der Waals surface area contributed by atoms with Crippen LogP contribution in [0.3, 0.4) is 0 Å². The van der Waals surface area contributed by atoms with Crippen LogP contribution in [0, 0.1) is 13.8 Å². The van der Waals surface area contributed by atoms with Crippen molar-refractivity contribution >= 4 is 0 Å². The normalized spacial score (nSPS) is 12.9. The highest BCUT2D eigenvalue weighted by Gasteiger charge is 2.07. The van der Waals surface area contributed by atoms with E-state index < -0.39 is 0 Å². The Labute approximate surface area is 118 Å². The molecule has 1 aromatic carbocycles. The van der Waals surface area contributed by atoms with Crippen molar-refractivity contribution in [1.29, 1.82) is 0 Å². The van der Waals surface area contributed by atoms with Gasteiger partial charge in [0.1, 0.15) is 0 Å². The van der Waals surface area contributed by atoms with Crippen LogP contribution in [-0.2, 0) is 4.74 Å². The highest BCUT2D eigenvalue weighted by Crippen LogP contribution is 2.18. The van der Waals surface area contributed by atoms with E-state index >= 15 is 0 Å². The molecule has 0 aliphatic carbocycles.